The van der Waals surface area contributed by atoms with Crippen LogP contribution < -0.4 is 0 Å². The smallest absolute Gasteiger partial charge is 0.119 e. The number of nitrogens with zero attached hydrogens (tertiary/aromatic N) is 6. The molecular weight excluding hydrogens is 492 g/mol. The summed E-state index contributed by atoms with van der Waals surface area (Å²) in [6, 6.07) is 6.15. The Balaban J connectivity index is 0.000000886. The highest BCUT2D eigenvalue weighted by atomic mass is 15.0. The van der Waals surface area contributed by atoms with Crippen LogP contribution >= 0.6 is 0 Å². The molecule has 1 aliphatic heterocycles. The standard InChI is InChI=1S/C30H26N6.2C2H6/c1-6-16(2)12-23-19(5)31-25-15-26-28(35-22-10-8-18(4)13-24(22)34-26)30-29(27(25)36-23)32-20-9-7-17(3)11-21(14-20)33-30;2*1-2/h6-13H,1,14-15H2,2-5H3;2*1-2H3/b16-12-;;. The molecule has 0 unspecified atom stereocenters. The van der Waals surface area contributed by atoms with E-state index in [1.807, 2.05) is 59.8 Å². The molecule has 0 radical (unpaired) electrons. The van der Waals surface area contributed by atoms with Gasteiger partial charge in [0.05, 0.1) is 33.8 Å². The van der Waals surface area contributed by atoms with E-state index in [0.29, 0.717) is 24.2 Å². The van der Waals surface area contributed by atoms with Crippen LogP contribution in [0.5, 0.6) is 0 Å². The third-order valence-electron chi connectivity index (χ3n) is 6.57. The molecule has 6 rings (SSSR count). The largest absolute Gasteiger partial charge is 0.253 e. The summed E-state index contributed by atoms with van der Waals surface area (Å²) in [7, 11) is 0. The Kier molecular flexibility index (Phi) is 8.78. The summed E-state index contributed by atoms with van der Waals surface area (Å²) in [6.45, 7) is 20.0. The van der Waals surface area contributed by atoms with E-state index in [2.05, 4.69) is 50.8 Å². The molecule has 204 valence electrons. The summed E-state index contributed by atoms with van der Waals surface area (Å²) < 4.78 is 0. The fraction of sp³-hybridized carbons (Fsp3) is 0.294. The molecule has 3 heterocycles. The Labute approximate surface area is 237 Å². The summed E-state index contributed by atoms with van der Waals surface area (Å²) >= 11 is 0. The number of aryl methyl sites for hydroxylation is 2. The van der Waals surface area contributed by atoms with Crippen molar-refractivity contribution in [3.05, 3.63) is 100.0 Å². The number of aromatic nitrogens is 4. The molecule has 0 fully saturated rings. The topological polar surface area (TPSA) is 76.3 Å². The fourth-order valence-corrected chi connectivity index (χ4v) is 4.68. The van der Waals surface area contributed by atoms with Gasteiger partial charge in [-0.15, -0.1) is 0 Å². The van der Waals surface area contributed by atoms with Gasteiger partial charge in [-0.2, -0.15) is 0 Å². The van der Waals surface area contributed by atoms with E-state index < -0.39 is 0 Å². The van der Waals surface area contributed by atoms with Gasteiger partial charge < -0.3 is 0 Å². The number of benzene rings is 1. The first-order chi connectivity index (χ1) is 19.4. The molecule has 2 aliphatic carbocycles. The second-order valence-electron chi connectivity index (χ2n) is 9.57. The maximum atomic E-state index is 5.15. The van der Waals surface area contributed by atoms with Gasteiger partial charge in [-0.1, -0.05) is 52.5 Å². The minimum atomic E-state index is 0.507. The minimum Gasteiger partial charge on any atom is -0.253 e. The Morgan fingerprint density at radius 2 is 1.45 bits per heavy atom. The van der Waals surface area contributed by atoms with Crippen molar-refractivity contribution in [2.75, 3.05) is 0 Å². The Morgan fingerprint density at radius 3 is 2.17 bits per heavy atom. The summed E-state index contributed by atoms with van der Waals surface area (Å²) in [5.41, 5.74) is 13.1. The SMILES string of the molecule is C=C/C(C)=C\c1nc2c(nc1C)Cc1nc3cc(C)ccc3nc1C1=C2N=C2C=CC(C)=CC(=N1)C2.CC.CC. The van der Waals surface area contributed by atoms with Crippen LogP contribution in [0, 0.1) is 13.8 Å². The first-order valence-electron chi connectivity index (χ1n) is 14.1. The number of fused-ring (bicyclic) bond motifs is 7. The van der Waals surface area contributed by atoms with Crippen LogP contribution in [0.1, 0.15) is 87.7 Å². The lowest BCUT2D eigenvalue weighted by molar-refractivity contribution is 0.941. The number of allylic oxidation sites excluding steroid dienone is 6. The molecule has 40 heavy (non-hydrogen) atoms. The molecule has 0 saturated heterocycles. The van der Waals surface area contributed by atoms with E-state index in [0.717, 1.165) is 73.3 Å². The molecule has 0 spiro atoms. The number of hydrogen-bond acceptors (Lipinski definition) is 6. The molecular formula is C34H38N6. The van der Waals surface area contributed by atoms with Crippen LogP contribution in [-0.2, 0) is 6.42 Å². The lowest BCUT2D eigenvalue weighted by Crippen LogP contribution is -2.07. The van der Waals surface area contributed by atoms with E-state index in [4.69, 9.17) is 29.9 Å². The van der Waals surface area contributed by atoms with E-state index in [1.165, 1.54) is 0 Å². The highest BCUT2D eigenvalue weighted by Crippen LogP contribution is 2.38. The van der Waals surface area contributed by atoms with Crippen LogP contribution in [-0.4, -0.2) is 31.4 Å². The molecule has 6 nitrogen and oxygen atoms in total. The van der Waals surface area contributed by atoms with Gasteiger partial charge in [0.25, 0.3) is 0 Å². The number of aliphatic imine (C=N–C) groups is 2. The van der Waals surface area contributed by atoms with E-state index in [9.17, 15) is 0 Å². The van der Waals surface area contributed by atoms with Gasteiger partial charge in [0.1, 0.15) is 22.8 Å². The molecule has 3 aromatic rings. The summed E-state index contributed by atoms with van der Waals surface area (Å²) in [5, 5.41) is 0. The molecule has 3 aliphatic rings. The maximum Gasteiger partial charge on any atom is 0.119 e. The van der Waals surface area contributed by atoms with Crippen molar-refractivity contribution < 1.29 is 0 Å². The van der Waals surface area contributed by atoms with Gasteiger partial charge in [0.2, 0.25) is 0 Å². The predicted molar refractivity (Wildman–Crippen MR) is 170 cm³/mol. The van der Waals surface area contributed by atoms with Crippen molar-refractivity contribution in [3.8, 4) is 0 Å². The minimum absolute atomic E-state index is 0.507. The average Bonchev–Trinajstić information content (AvgIpc) is 3.30. The predicted octanol–water partition coefficient (Wildman–Crippen LogP) is 8.21. The van der Waals surface area contributed by atoms with Crippen LogP contribution in [0.2, 0.25) is 0 Å². The zero-order chi connectivity index (χ0) is 29.0. The summed E-state index contributed by atoms with van der Waals surface area (Å²) in [6.07, 6.45) is 11.2. The van der Waals surface area contributed by atoms with Crippen molar-refractivity contribution in [1.29, 1.82) is 0 Å². The van der Waals surface area contributed by atoms with Gasteiger partial charge in [-0.05, 0) is 74.8 Å². The average molecular weight is 531 g/mol. The molecule has 2 bridgehead atoms. The molecule has 0 amide bonds. The quantitative estimate of drug-likeness (QED) is 0.313. The Morgan fingerprint density at radius 1 is 0.775 bits per heavy atom. The highest BCUT2D eigenvalue weighted by molar-refractivity contribution is 6.20. The monoisotopic (exact) mass is 530 g/mol. The van der Waals surface area contributed by atoms with Gasteiger partial charge in [-0.25, -0.2) is 24.9 Å². The van der Waals surface area contributed by atoms with Crippen LogP contribution in [0.25, 0.3) is 28.5 Å². The molecule has 0 atom stereocenters. The first kappa shape index (κ1) is 28.7. The van der Waals surface area contributed by atoms with Crippen LogP contribution in [0.4, 0.5) is 0 Å². The molecule has 1 aromatic carbocycles. The lowest BCUT2D eigenvalue weighted by atomic mass is 10.1. The van der Waals surface area contributed by atoms with Gasteiger partial charge in [-0.3, -0.25) is 4.98 Å². The number of rotatable bonds is 2. The molecule has 0 N–H and O–H groups in total. The molecule has 2 aromatic heterocycles. The van der Waals surface area contributed by atoms with Gasteiger partial charge in [0, 0.05) is 24.3 Å². The van der Waals surface area contributed by atoms with Crippen molar-refractivity contribution in [2.45, 2.75) is 68.2 Å². The van der Waals surface area contributed by atoms with E-state index in [1.54, 1.807) is 0 Å². The van der Waals surface area contributed by atoms with Crippen molar-refractivity contribution in [1.82, 2.24) is 19.9 Å². The lowest BCUT2D eigenvalue weighted by Gasteiger charge is -2.11. The normalized spacial score (nSPS) is 15.3. The maximum absolute atomic E-state index is 5.15. The second kappa shape index (κ2) is 12.2. The number of hydrogen-bond donors (Lipinski definition) is 0. The van der Waals surface area contributed by atoms with Crippen LogP contribution in [0.15, 0.2) is 70.2 Å². The van der Waals surface area contributed by atoms with Crippen LogP contribution in [0.3, 0.4) is 0 Å². The Hall–Kier alpha value is -4.32. The van der Waals surface area contributed by atoms with Gasteiger partial charge >= 0.3 is 0 Å². The van der Waals surface area contributed by atoms with E-state index in [-0.39, 0.29) is 0 Å². The van der Waals surface area contributed by atoms with Gasteiger partial charge in [0.15, 0.2) is 0 Å². The highest BCUT2D eigenvalue weighted by Gasteiger charge is 2.29. The third kappa shape index (κ3) is 5.67. The van der Waals surface area contributed by atoms with Crippen molar-refractivity contribution in [2.24, 2.45) is 9.98 Å². The van der Waals surface area contributed by atoms with E-state index >= 15 is 0 Å². The first-order valence-corrected chi connectivity index (χ1v) is 14.1. The molecule has 0 saturated carbocycles. The second-order valence-corrected chi connectivity index (χ2v) is 9.57. The zero-order valence-corrected chi connectivity index (χ0v) is 24.9. The van der Waals surface area contributed by atoms with Crippen molar-refractivity contribution >= 4 is 39.9 Å². The summed E-state index contributed by atoms with van der Waals surface area (Å²) in [4.78, 5) is 30.5. The van der Waals surface area contributed by atoms with Crippen molar-refractivity contribution in [3.63, 3.8) is 0 Å². The Bertz CT molecular complexity index is 1680. The third-order valence-corrected chi connectivity index (χ3v) is 6.57. The molecule has 6 heteroatoms. The summed E-state index contributed by atoms with van der Waals surface area (Å²) in [5.74, 6) is 0. The fourth-order valence-electron chi connectivity index (χ4n) is 4.68. The zero-order valence-electron chi connectivity index (χ0n) is 24.9.